The quantitative estimate of drug-likeness (QED) is 0.474. The van der Waals surface area contributed by atoms with Gasteiger partial charge in [0.2, 0.25) is 21.8 Å². The van der Waals surface area contributed by atoms with Gasteiger partial charge in [0.25, 0.3) is 0 Å². The van der Waals surface area contributed by atoms with Crippen molar-refractivity contribution in [1.82, 2.24) is 19.8 Å². The number of rotatable bonds is 11. The highest BCUT2D eigenvalue weighted by Gasteiger charge is 2.31. The van der Waals surface area contributed by atoms with Gasteiger partial charge in [-0.05, 0) is 30.6 Å². The predicted molar refractivity (Wildman–Crippen MR) is 120 cm³/mol. The molecule has 30 heavy (non-hydrogen) atoms. The van der Waals surface area contributed by atoms with Crippen molar-refractivity contribution in [3.8, 4) is 0 Å². The van der Waals surface area contributed by atoms with Gasteiger partial charge in [0, 0.05) is 32.7 Å². The van der Waals surface area contributed by atoms with Crippen molar-refractivity contribution in [3.63, 3.8) is 0 Å². The summed E-state index contributed by atoms with van der Waals surface area (Å²) in [6, 6.07) is 7.25. The number of thioether (sulfide) groups is 1. The summed E-state index contributed by atoms with van der Waals surface area (Å²) in [5.41, 5.74) is 0. The SMILES string of the molecule is C=CCNC(=O)CN1CCN(C(=O)C(CCSC)NS(=O)(=O)c2ccccc2)CC1. The van der Waals surface area contributed by atoms with E-state index in [0.29, 0.717) is 44.9 Å². The second-order valence-corrected chi connectivity index (χ2v) is 9.66. The van der Waals surface area contributed by atoms with Gasteiger partial charge in [0.15, 0.2) is 0 Å². The van der Waals surface area contributed by atoms with Gasteiger partial charge in [0.1, 0.15) is 6.04 Å². The number of piperazine rings is 1. The third-order valence-corrected chi connectivity index (χ3v) is 6.89. The Morgan fingerprint density at radius 1 is 1.20 bits per heavy atom. The summed E-state index contributed by atoms with van der Waals surface area (Å²) in [6.45, 7) is 6.30. The molecule has 0 aliphatic carbocycles. The van der Waals surface area contributed by atoms with Crippen LogP contribution in [0.4, 0.5) is 0 Å². The minimum Gasteiger partial charge on any atom is -0.352 e. The molecule has 1 saturated heterocycles. The van der Waals surface area contributed by atoms with Crippen LogP contribution < -0.4 is 10.0 Å². The summed E-state index contributed by atoms with van der Waals surface area (Å²) < 4.78 is 28.0. The van der Waals surface area contributed by atoms with E-state index in [4.69, 9.17) is 0 Å². The lowest BCUT2D eigenvalue weighted by molar-refractivity contribution is -0.135. The van der Waals surface area contributed by atoms with Gasteiger partial charge >= 0.3 is 0 Å². The Hall–Kier alpha value is -1.88. The predicted octanol–water partition coefficient (Wildman–Crippen LogP) is 0.533. The molecule has 0 aromatic heterocycles. The number of hydrogen-bond acceptors (Lipinski definition) is 6. The Bertz CT molecular complexity index is 809. The van der Waals surface area contributed by atoms with Crippen molar-refractivity contribution >= 4 is 33.6 Å². The highest BCUT2D eigenvalue weighted by Crippen LogP contribution is 2.13. The second-order valence-electron chi connectivity index (χ2n) is 6.96. The van der Waals surface area contributed by atoms with E-state index < -0.39 is 16.1 Å². The summed E-state index contributed by atoms with van der Waals surface area (Å²) in [6.07, 6.45) is 3.96. The van der Waals surface area contributed by atoms with Gasteiger partial charge in [0.05, 0.1) is 11.4 Å². The molecular weight excluding hydrogens is 424 g/mol. The lowest BCUT2D eigenvalue weighted by Gasteiger charge is -2.36. The second kappa shape index (κ2) is 12.1. The molecule has 0 bridgehead atoms. The van der Waals surface area contributed by atoms with Crippen molar-refractivity contribution in [1.29, 1.82) is 0 Å². The summed E-state index contributed by atoms with van der Waals surface area (Å²) in [7, 11) is -3.79. The number of carbonyl (C=O) groups is 2. The maximum Gasteiger partial charge on any atom is 0.241 e. The maximum absolute atomic E-state index is 13.1. The van der Waals surface area contributed by atoms with Gasteiger partial charge in [-0.3, -0.25) is 14.5 Å². The largest absolute Gasteiger partial charge is 0.352 e. The zero-order chi connectivity index (χ0) is 22.0. The van der Waals surface area contributed by atoms with Crippen molar-refractivity contribution in [2.75, 3.05) is 51.3 Å². The van der Waals surface area contributed by atoms with Gasteiger partial charge in [-0.25, -0.2) is 8.42 Å². The van der Waals surface area contributed by atoms with Gasteiger partial charge < -0.3 is 10.2 Å². The molecule has 1 aliphatic rings. The van der Waals surface area contributed by atoms with Crippen molar-refractivity contribution in [3.05, 3.63) is 43.0 Å². The molecule has 1 aliphatic heterocycles. The molecule has 2 N–H and O–H groups in total. The van der Waals surface area contributed by atoms with Crippen LogP contribution >= 0.6 is 11.8 Å². The van der Waals surface area contributed by atoms with E-state index >= 15 is 0 Å². The van der Waals surface area contributed by atoms with Crippen LogP contribution in [0.2, 0.25) is 0 Å². The molecule has 0 saturated carbocycles. The Balaban J connectivity index is 1.97. The average Bonchev–Trinajstić information content (AvgIpc) is 2.75. The van der Waals surface area contributed by atoms with Crippen LogP contribution in [0.1, 0.15) is 6.42 Å². The molecular formula is C20H30N4O4S2. The number of nitrogens with one attached hydrogen (secondary N) is 2. The fourth-order valence-electron chi connectivity index (χ4n) is 3.12. The summed E-state index contributed by atoms with van der Waals surface area (Å²) in [5.74, 6) is 0.361. The van der Waals surface area contributed by atoms with Crippen LogP contribution in [0.5, 0.6) is 0 Å². The maximum atomic E-state index is 13.1. The van der Waals surface area contributed by atoms with Gasteiger partial charge in [-0.15, -0.1) is 6.58 Å². The highest BCUT2D eigenvalue weighted by molar-refractivity contribution is 7.98. The van der Waals surface area contributed by atoms with Gasteiger partial charge in [-0.1, -0.05) is 24.3 Å². The number of hydrogen-bond donors (Lipinski definition) is 2. The van der Waals surface area contributed by atoms with Crippen LogP contribution in [0.3, 0.4) is 0 Å². The van der Waals surface area contributed by atoms with Crippen LogP contribution in [-0.2, 0) is 19.6 Å². The van der Waals surface area contributed by atoms with Crippen molar-refractivity contribution in [2.45, 2.75) is 17.4 Å². The van der Waals surface area contributed by atoms with E-state index in [9.17, 15) is 18.0 Å². The van der Waals surface area contributed by atoms with E-state index in [1.54, 1.807) is 40.9 Å². The van der Waals surface area contributed by atoms with E-state index in [0.717, 1.165) is 0 Å². The van der Waals surface area contributed by atoms with E-state index in [1.807, 2.05) is 11.2 Å². The number of carbonyl (C=O) groups excluding carboxylic acids is 2. The number of amides is 2. The molecule has 2 amide bonds. The molecule has 2 rings (SSSR count). The van der Waals surface area contributed by atoms with E-state index in [2.05, 4.69) is 16.6 Å². The lowest BCUT2D eigenvalue weighted by Crippen LogP contribution is -2.56. The first kappa shape index (κ1) is 24.4. The molecule has 1 aromatic rings. The Morgan fingerprint density at radius 3 is 2.47 bits per heavy atom. The molecule has 1 heterocycles. The minimum absolute atomic E-state index is 0.0804. The van der Waals surface area contributed by atoms with Gasteiger partial charge in [-0.2, -0.15) is 16.5 Å². The van der Waals surface area contributed by atoms with Crippen molar-refractivity contribution in [2.24, 2.45) is 0 Å². The van der Waals surface area contributed by atoms with Crippen LogP contribution in [0, 0.1) is 0 Å². The third kappa shape index (κ3) is 7.42. The highest BCUT2D eigenvalue weighted by atomic mass is 32.2. The summed E-state index contributed by atoms with van der Waals surface area (Å²) in [4.78, 5) is 28.7. The molecule has 1 unspecified atom stereocenters. The number of sulfonamides is 1. The molecule has 8 nitrogen and oxygen atoms in total. The first-order chi connectivity index (χ1) is 14.4. The van der Waals surface area contributed by atoms with Crippen LogP contribution in [0.15, 0.2) is 47.9 Å². The molecule has 1 aromatic carbocycles. The first-order valence-electron chi connectivity index (χ1n) is 9.82. The van der Waals surface area contributed by atoms with Crippen LogP contribution in [-0.4, -0.2) is 87.4 Å². The topological polar surface area (TPSA) is 98.8 Å². The Kier molecular flexibility index (Phi) is 9.83. The number of benzene rings is 1. The van der Waals surface area contributed by atoms with E-state index in [-0.39, 0.29) is 23.3 Å². The minimum atomic E-state index is -3.79. The number of nitrogens with zero attached hydrogens (tertiary/aromatic N) is 2. The standard InChI is InChI=1S/C20H30N4O4S2/c1-3-10-21-19(25)16-23-11-13-24(14-12-23)20(26)18(9-15-29-2)22-30(27,28)17-7-5-4-6-8-17/h3-8,18,22H,1,9-16H2,2H3,(H,21,25). The fraction of sp³-hybridized carbons (Fsp3) is 0.500. The van der Waals surface area contributed by atoms with E-state index in [1.165, 1.54) is 12.1 Å². The smallest absolute Gasteiger partial charge is 0.241 e. The molecule has 0 spiro atoms. The molecule has 166 valence electrons. The molecule has 1 fully saturated rings. The monoisotopic (exact) mass is 454 g/mol. The Labute approximate surface area is 183 Å². The Morgan fingerprint density at radius 2 is 1.87 bits per heavy atom. The average molecular weight is 455 g/mol. The zero-order valence-electron chi connectivity index (χ0n) is 17.2. The van der Waals surface area contributed by atoms with Crippen LogP contribution in [0.25, 0.3) is 0 Å². The third-order valence-electron chi connectivity index (χ3n) is 4.75. The molecule has 0 radical (unpaired) electrons. The summed E-state index contributed by atoms with van der Waals surface area (Å²) >= 11 is 1.56. The molecule has 1 atom stereocenters. The first-order valence-corrected chi connectivity index (χ1v) is 12.7. The zero-order valence-corrected chi connectivity index (χ0v) is 18.9. The fourth-order valence-corrected chi connectivity index (χ4v) is 4.83. The summed E-state index contributed by atoms with van der Waals surface area (Å²) in [5, 5.41) is 2.74. The lowest BCUT2D eigenvalue weighted by atomic mass is 10.2. The molecule has 10 heteroatoms. The van der Waals surface area contributed by atoms with Crippen molar-refractivity contribution < 1.29 is 18.0 Å². The normalized spacial score (nSPS) is 16.1.